The molecule has 2 aromatic carbocycles. The number of aromatic nitrogens is 2. The summed E-state index contributed by atoms with van der Waals surface area (Å²) in [4.78, 5) is 24.6. The summed E-state index contributed by atoms with van der Waals surface area (Å²) in [6.45, 7) is 0.195. The van der Waals surface area contributed by atoms with Gasteiger partial charge >= 0.3 is 0 Å². The second-order valence-corrected chi connectivity index (χ2v) is 8.25. The number of benzene rings is 2. The number of rotatable bonds is 9. The van der Waals surface area contributed by atoms with Crippen LogP contribution in [0.15, 0.2) is 48.7 Å². The number of hydrogen-bond donors (Lipinski definition) is 0. The molecular formula is C25H25N3O6S. The van der Waals surface area contributed by atoms with E-state index >= 15 is 0 Å². The van der Waals surface area contributed by atoms with Gasteiger partial charge in [0.2, 0.25) is 5.75 Å². The number of nitrogens with zero attached hydrogens (tertiary/aromatic N) is 3. The molecule has 0 aliphatic rings. The fourth-order valence-corrected chi connectivity index (χ4v) is 4.70. The number of methoxy groups -OCH3 is 5. The maximum absolute atomic E-state index is 13.9. The quantitative estimate of drug-likeness (QED) is 0.333. The Morgan fingerprint density at radius 2 is 1.51 bits per heavy atom. The lowest BCUT2D eigenvalue weighted by Gasteiger charge is -2.21. The van der Waals surface area contributed by atoms with E-state index in [1.807, 2.05) is 24.3 Å². The van der Waals surface area contributed by atoms with Gasteiger partial charge in [0.15, 0.2) is 16.6 Å². The van der Waals surface area contributed by atoms with Crippen LogP contribution in [0.1, 0.15) is 16.1 Å². The third-order valence-electron chi connectivity index (χ3n) is 5.33. The lowest BCUT2D eigenvalue weighted by molar-refractivity contribution is 0.0984. The SMILES string of the molecule is COc1cc(C(=O)N(Cc2ccccn2)c2nc3c(OC)ccc(OC)c3s2)cc(OC)c1OC. The largest absolute Gasteiger partial charge is 0.495 e. The van der Waals surface area contributed by atoms with Crippen LogP contribution in [-0.2, 0) is 6.54 Å². The van der Waals surface area contributed by atoms with Gasteiger partial charge in [-0.25, -0.2) is 4.98 Å². The monoisotopic (exact) mass is 495 g/mol. The molecule has 0 aliphatic carbocycles. The zero-order chi connectivity index (χ0) is 24.9. The first-order valence-corrected chi connectivity index (χ1v) is 11.4. The van der Waals surface area contributed by atoms with Crippen molar-refractivity contribution in [1.82, 2.24) is 9.97 Å². The average Bonchev–Trinajstić information content (AvgIpc) is 3.35. The molecule has 0 saturated carbocycles. The molecule has 0 fully saturated rings. The first-order valence-electron chi connectivity index (χ1n) is 10.6. The zero-order valence-electron chi connectivity index (χ0n) is 20.0. The lowest BCUT2D eigenvalue weighted by atomic mass is 10.1. The molecule has 4 aromatic rings. The Labute approximate surface area is 206 Å². The highest BCUT2D eigenvalue weighted by molar-refractivity contribution is 7.22. The summed E-state index contributed by atoms with van der Waals surface area (Å²) in [5.74, 6) is 2.06. The highest BCUT2D eigenvalue weighted by Gasteiger charge is 2.26. The molecular weight excluding hydrogens is 470 g/mol. The molecule has 35 heavy (non-hydrogen) atoms. The Morgan fingerprint density at radius 3 is 2.09 bits per heavy atom. The number of fused-ring (bicyclic) bond motifs is 1. The number of thiazole rings is 1. The molecule has 0 bridgehead atoms. The molecule has 1 amide bonds. The fourth-order valence-electron chi connectivity index (χ4n) is 3.63. The van der Waals surface area contributed by atoms with Crippen molar-refractivity contribution in [2.24, 2.45) is 0 Å². The van der Waals surface area contributed by atoms with E-state index in [1.165, 1.54) is 32.7 Å². The molecule has 0 spiro atoms. The van der Waals surface area contributed by atoms with Gasteiger partial charge < -0.3 is 23.7 Å². The van der Waals surface area contributed by atoms with Crippen molar-refractivity contribution in [3.05, 3.63) is 59.9 Å². The van der Waals surface area contributed by atoms with Crippen molar-refractivity contribution in [2.75, 3.05) is 40.4 Å². The van der Waals surface area contributed by atoms with Crippen LogP contribution in [0.3, 0.4) is 0 Å². The Kier molecular flexibility index (Phi) is 7.21. The van der Waals surface area contributed by atoms with E-state index in [0.29, 0.717) is 50.7 Å². The molecule has 9 nitrogen and oxygen atoms in total. The minimum Gasteiger partial charge on any atom is -0.495 e. The van der Waals surface area contributed by atoms with E-state index in [9.17, 15) is 4.79 Å². The van der Waals surface area contributed by atoms with Crippen molar-refractivity contribution in [3.63, 3.8) is 0 Å². The second-order valence-electron chi connectivity index (χ2n) is 7.27. The smallest absolute Gasteiger partial charge is 0.260 e. The van der Waals surface area contributed by atoms with E-state index in [-0.39, 0.29) is 12.5 Å². The molecule has 10 heteroatoms. The first-order chi connectivity index (χ1) is 17.0. The molecule has 2 heterocycles. The van der Waals surface area contributed by atoms with Crippen LogP contribution in [0.5, 0.6) is 28.7 Å². The molecule has 0 aliphatic heterocycles. The van der Waals surface area contributed by atoms with Crippen molar-refractivity contribution < 1.29 is 28.5 Å². The Balaban J connectivity index is 1.87. The number of hydrogen-bond acceptors (Lipinski definition) is 9. The maximum atomic E-state index is 13.9. The summed E-state index contributed by atoms with van der Waals surface area (Å²) in [5, 5.41) is 0.465. The Hall–Kier alpha value is -4.05. The van der Waals surface area contributed by atoms with Crippen molar-refractivity contribution in [3.8, 4) is 28.7 Å². The second kappa shape index (κ2) is 10.5. The van der Waals surface area contributed by atoms with Crippen LogP contribution in [-0.4, -0.2) is 51.4 Å². The van der Waals surface area contributed by atoms with Crippen molar-refractivity contribution >= 4 is 32.6 Å². The molecule has 0 N–H and O–H groups in total. The van der Waals surface area contributed by atoms with Gasteiger partial charge in [-0.1, -0.05) is 17.4 Å². The zero-order valence-corrected chi connectivity index (χ0v) is 20.8. The number of carbonyl (C=O) groups is 1. The van der Waals surface area contributed by atoms with Crippen LogP contribution in [0, 0.1) is 0 Å². The summed E-state index contributed by atoms with van der Waals surface area (Å²) >= 11 is 1.33. The normalized spacial score (nSPS) is 10.7. The number of amides is 1. The molecule has 0 unspecified atom stereocenters. The van der Waals surface area contributed by atoms with Gasteiger partial charge in [0.25, 0.3) is 5.91 Å². The predicted molar refractivity (Wildman–Crippen MR) is 134 cm³/mol. The Bertz CT molecular complexity index is 1280. The highest BCUT2D eigenvalue weighted by atomic mass is 32.1. The third kappa shape index (κ3) is 4.65. The van der Waals surface area contributed by atoms with Gasteiger partial charge in [-0.05, 0) is 36.4 Å². The fraction of sp³-hybridized carbons (Fsp3) is 0.240. The molecule has 182 valence electrons. The summed E-state index contributed by atoms with van der Waals surface area (Å²) in [6, 6.07) is 12.4. The van der Waals surface area contributed by atoms with E-state index in [2.05, 4.69) is 4.98 Å². The van der Waals surface area contributed by atoms with Crippen LogP contribution in [0.2, 0.25) is 0 Å². The van der Waals surface area contributed by atoms with E-state index in [0.717, 1.165) is 4.70 Å². The number of pyridine rings is 1. The van der Waals surface area contributed by atoms with Crippen LogP contribution in [0.4, 0.5) is 5.13 Å². The van der Waals surface area contributed by atoms with E-state index < -0.39 is 0 Å². The molecule has 0 radical (unpaired) electrons. The standard InChI is InChI=1S/C25H25N3O6S/c1-30-17-9-10-18(31-2)23-21(17)27-25(35-23)28(14-16-8-6-7-11-26-16)24(29)15-12-19(32-3)22(34-5)20(13-15)33-4/h6-13H,14H2,1-5H3. The topological polar surface area (TPSA) is 92.2 Å². The predicted octanol–water partition coefficient (Wildman–Crippen LogP) is 4.58. The number of carbonyl (C=O) groups excluding carboxylic acids is 1. The average molecular weight is 496 g/mol. The van der Waals surface area contributed by atoms with Crippen LogP contribution in [0.25, 0.3) is 10.2 Å². The van der Waals surface area contributed by atoms with Crippen molar-refractivity contribution in [2.45, 2.75) is 6.54 Å². The highest BCUT2D eigenvalue weighted by Crippen LogP contribution is 2.42. The van der Waals surface area contributed by atoms with Gasteiger partial charge in [0.1, 0.15) is 21.7 Å². The van der Waals surface area contributed by atoms with E-state index in [1.54, 1.807) is 43.5 Å². The summed E-state index contributed by atoms with van der Waals surface area (Å²) in [5.41, 5.74) is 1.65. The lowest BCUT2D eigenvalue weighted by Crippen LogP contribution is -2.30. The first kappa shape index (κ1) is 24.1. The third-order valence-corrected chi connectivity index (χ3v) is 6.43. The minimum absolute atomic E-state index is 0.195. The molecule has 2 aromatic heterocycles. The summed E-state index contributed by atoms with van der Waals surface area (Å²) in [6.07, 6.45) is 1.68. The Morgan fingerprint density at radius 1 is 0.857 bits per heavy atom. The van der Waals surface area contributed by atoms with Gasteiger partial charge in [-0.3, -0.25) is 14.7 Å². The van der Waals surface area contributed by atoms with Crippen LogP contribution < -0.4 is 28.6 Å². The number of anilines is 1. The number of ether oxygens (including phenoxy) is 5. The van der Waals surface area contributed by atoms with Crippen molar-refractivity contribution in [1.29, 1.82) is 0 Å². The van der Waals surface area contributed by atoms with Crippen LogP contribution >= 0.6 is 11.3 Å². The van der Waals surface area contributed by atoms with Gasteiger partial charge in [-0.2, -0.15) is 0 Å². The van der Waals surface area contributed by atoms with Gasteiger partial charge in [0, 0.05) is 11.8 Å². The minimum atomic E-state index is -0.313. The summed E-state index contributed by atoms with van der Waals surface area (Å²) in [7, 11) is 7.68. The van der Waals surface area contributed by atoms with E-state index in [4.69, 9.17) is 28.7 Å². The molecule has 0 atom stereocenters. The summed E-state index contributed by atoms with van der Waals surface area (Å²) < 4.78 is 28.1. The van der Waals surface area contributed by atoms with Gasteiger partial charge in [0.05, 0.1) is 47.8 Å². The molecule has 4 rings (SSSR count). The van der Waals surface area contributed by atoms with Gasteiger partial charge in [-0.15, -0.1) is 0 Å². The molecule has 0 saturated heterocycles. The maximum Gasteiger partial charge on any atom is 0.260 e.